The fourth-order valence-electron chi connectivity index (χ4n) is 1.50. The van der Waals surface area contributed by atoms with Gasteiger partial charge < -0.3 is 10.6 Å². The predicted octanol–water partition coefficient (Wildman–Crippen LogP) is 1.06. The maximum absolute atomic E-state index is 11.0. The molecule has 7 heteroatoms. The molecule has 1 unspecified atom stereocenters. The highest BCUT2D eigenvalue weighted by molar-refractivity contribution is 7.90. The lowest BCUT2D eigenvalue weighted by Gasteiger charge is -2.15. The first kappa shape index (κ1) is 16.0. The van der Waals surface area contributed by atoms with Gasteiger partial charge in [-0.15, -0.1) is 0 Å². The summed E-state index contributed by atoms with van der Waals surface area (Å²) in [7, 11) is -1.27. The zero-order chi connectivity index (χ0) is 14.3. The smallest absolute Gasteiger partial charge is 0.191 e. The second kappa shape index (κ2) is 7.49. The van der Waals surface area contributed by atoms with Crippen LogP contribution in [0.1, 0.15) is 18.4 Å². The van der Waals surface area contributed by atoms with Crippen LogP contribution < -0.4 is 10.6 Å². The third-order valence-corrected chi connectivity index (χ3v) is 4.32. The minimum absolute atomic E-state index is 0.105. The number of guanidine groups is 1. The molecule has 1 aromatic rings. The van der Waals surface area contributed by atoms with E-state index < -0.39 is 9.84 Å². The Hall–Kier alpha value is -1.08. The first-order valence-corrected chi connectivity index (χ1v) is 9.07. The summed E-state index contributed by atoms with van der Waals surface area (Å²) in [4.78, 5) is 4.06. The van der Waals surface area contributed by atoms with Gasteiger partial charge in [-0.05, 0) is 28.3 Å². The molecule has 1 atom stereocenters. The van der Waals surface area contributed by atoms with Gasteiger partial charge in [0.1, 0.15) is 9.84 Å². The van der Waals surface area contributed by atoms with Crippen molar-refractivity contribution in [1.82, 2.24) is 10.6 Å². The van der Waals surface area contributed by atoms with Crippen molar-refractivity contribution in [2.45, 2.75) is 12.8 Å². The number of sulfone groups is 1. The van der Waals surface area contributed by atoms with Crippen molar-refractivity contribution in [2.75, 3.05) is 32.1 Å². The summed E-state index contributed by atoms with van der Waals surface area (Å²) in [6, 6.07) is 2.11. The van der Waals surface area contributed by atoms with E-state index in [1.54, 1.807) is 18.4 Å². The van der Waals surface area contributed by atoms with Crippen molar-refractivity contribution >= 4 is 27.1 Å². The second-order valence-corrected chi connectivity index (χ2v) is 7.51. The monoisotopic (exact) mass is 303 g/mol. The third-order valence-electron chi connectivity index (χ3n) is 2.68. The summed E-state index contributed by atoms with van der Waals surface area (Å²) in [5.74, 6) is 1.12. The van der Waals surface area contributed by atoms with E-state index in [0.29, 0.717) is 18.4 Å². The van der Waals surface area contributed by atoms with Gasteiger partial charge in [-0.2, -0.15) is 11.3 Å². The molecule has 0 aliphatic rings. The molecule has 0 saturated carbocycles. The molecule has 2 N–H and O–H groups in total. The average molecular weight is 303 g/mol. The first-order valence-electron chi connectivity index (χ1n) is 6.06. The molecule has 19 heavy (non-hydrogen) atoms. The van der Waals surface area contributed by atoms with Crippen LogP contribution in [-0.4, -0.2) is 46.5 Å². The van der Waals surface area contributed by atoms with E-state index in [2.05, 4.69) is 39.4 Å². The first-order chi connectivity index (χ1) is 8.92. The number of rotatable bonds is 6. The van der Waals surface area contributed by atoms with Crippen molar-refractivity contribution < 1.29 is 8.42 Å². The van der Waals surface area contributed by atoms with Gasteiger partial charge >= 0.3 is 0 Å². The number of nitrogens with zero attached hydrogens (tertiary/aromatic N) is 1. The SMILES string of the molecule is CN=C(NCCS(C)(=O)=O)NCC(C)c1ccsc1. The maximum atomic E-state index is 11.0. The Morgan fingerprint density at radius 2 is 2.21 bits per heavy atom. The molecule has 0 aromatic carbocycles. The van der Waals surface area contributed by atoms with E-state index in [9.17, 15) is 8.42 Å². The average Bonchev–Trinajstić information content (AvgIpc) is 2.85. The molecule has 0 saturated heterocycles. The van der Waals surface area contributed by atoms with E-state index in [4.69, 9.17) is 0 Å². The molecule has 0 radical (unpaired) electrons. The van der Waals surface area contributed by atoms with Gasteiger partial charge in [0.25, 0.3) is 0 Å². The van der Waals surface area contributed by atoms with Crippen molar-refractivity contribution in [3.63, 3.8) is 0 Å². The van der Waals surface area contributed by atoms with Gasteiger partial charge in [0, 0.05) is 26.4 Å². The van der Waals surface area contributed by atoms with Crippen molar-refractivity contribution in [3.8, 4) is 0 Å². The van der Waals surface area contributed by atoms with Gasteiger partial charge in [0.15, 0.2) is 5.96 Å². The minimum Gasteiger partial charge on any atom is -0.356 e. The summed E-state index contributed by atoms with van der Waals surface area (Å²) in [5.41, 5.74) is 1.30. The molecular formula is C12H21N3O2S2. The van der Waals surface area contributed by atoms with E-state index in [-0.39, 0.29) is 5.75 Å². The van der Waals surface area contributed by atoms with Crippen molar-refractivity contribution in [3.05, 3.63) is 22.4 Å². The summed E-state index contributed by atoms with van der Waals surface area (Å²) in [6.45, 7) is 3.26. The Morgan fingerprint density at radius 1 is 1.47 bits per heavy atom. The molecule has 0 spiro atoms. The molecule has 1 aromatic heterocycles. The maximum Gasteiger partial charge on any atom is 0.191 e. The molecular weight excluding hydrogens is 282 g/mol. The van der Waals surface area contributed by atoms with Crippen molar-refractivity contribution in [1.29, 1.82) is 0 Å². The Balaban J connectivity index is 2.33. The molecule has 0 bridgehead atoms. The number of hydrogen-bond acceptors (Lipinski definition) is 4. The third kappa shape index (κ3) is 6.58. The molecule has 0 fully saturated rings. The number of hydrogen-bond donors (Lipinski definition) is 2. The van der Waals surface area contributed by atoms with Crippen LogP contribution in [0.2, 0.25) is 0 Å². The Labute approximate surface area is 119 Å². The molecule has 0 aliphatic carbocycles. The number of aliphatic imine (C=N–C) groups is 1. The lowest BCUT2D eigenvalue weighted by molar-refractivity contribution is 0.600. The van der Waals surface area contributed by atoms with Gasteiger partial charge in [0.2, 0.25) is 0 Å². The Morgan fingerprint density at radius 3 is 2.74 bits per heavy atom. The number of thiophene rings is 1. The lowest BCUT2D eigenvalue weighted by atomic mass is 10.1. The lowest BCUT2D eigenvalue weighted by Crippen LogP contribution is -2.40. The zero-order valence-corrected chi connectivity index (χ0v) is 13.1. The molecule has 108 valence electrons. The van der Waals surface area contributed by atoms with Crippen LogP contribution >= 0.6 is 11.3 Å². The second-order valence-electron chi connectivity index (χ2n) is 4.47. The van der Waals surface area contributed by atoms with Crippen LogP contribution in [0.15, 0.2) is 21.8 Å². The molecule has 0 aliphatic heterocycles. The highest BCUT2D eigenvalue weighted by Crippen LogP contribution is 2.16. The van der Waals surface area contributed by atoms with E-state index in [1.807, 2.05) is 0 Å². The normalized spacial score (nSPS) is 14.2. The minimum atomic E-state index is -2.94. The molecule has 1 heterocycles. The summed E-state index contributed by atoms with van der Waals surface area (Å²) < 4.78 is 22.0. The van der Waals surface area contributed by atoms with Crippen LogP contribution in [-0.2, 0) is 9.84 Å². The van der Waals surface area contributed by atoms with E-state index in [1.165, 1.54) is 11.8 Å². The highest BCUT2D eigenvalue weighted by atomic mass is 32.2. The Kier molecular flexibility index (Phi) is 6.30. The quantitative estimate of drug-likeness (QED) is 0.609. The van der Waals surface area contributed by atoms with Crippen LogP contribution in [0.3, 0.4) is 0 Å². The van der Waals surface area contributed by atoms with Gasteiger partial charge in [-0.25, -0.2) is 8.42 Å². The van der Waals surface area contributed by atoms with Crippen LogP contribution in [0.25, 0.3) is 0 Å². The van der Waals surface area contributed by atoms with Crippen LogP contribution in [0, 0.1) is 0 Å². The predicted molar refractivity (Wildman–Crippen MR) is 81.8 cm³/mol. The van der Waals surface area contributed by atoms with Gasteiger partial charge in [-0.3, -0.25) is 4.99 Å². The highest BCUT2D eigenvalue weighted by Gasteiger charge is 2.07. The topological polar surface area (TPSA) is 70.6 Å². The Bertz CT molecular complexity index is 495. The van der Waals surface area contributed by atoms with Gasteiger partial charge in [-0.1, -0.05) is 6.92 Å². The van der Waals surface area contributed by atoms with Crippen LogP contribution in [0.4, 0.5) is 0 Å². The number of nitrogens with one attached hydrogen (secondary N) is 2. The van der Waals surface area contributed by atoms with Gasteiger partial charge in [0.05, 0.1) is 5.75 Å². The molecule has 5 nitrogen and oxygen atoms in total. The summed E-state index contributed by atoms with van der Waals surface area (Å²) in [6.07, 6.45) is 1.23. The summed E-state index contributed by atoms with van der Waals surface area (Å²) >= 11 is 1.68. The molecule has 1 rings (SSSR count). The van der Waals surface area contributed by atoms with E-state index in [0.717, 1.165) is 6.54 Å². The van der Waals surface area contributed by atoms with Crippen molar-refractivity contribution in [2.24, 2.45) is 4.99 Å². The molecule has 0 amide bonds. The fraction of sp³-hybridized carbons (Fsp3) is 0.583. The van der Waals surface area contributed by atoms with Crippen LogP contribution in [0.5, 0.6) is 0 Å². The standard InChI is InChI=1S/C12H21N3O2S2/c1-10(11-4-6-18-9-11)8-15-12(13-2)14-5-7-19(3,16)17/h4,6,9-10H,5,7-8H2,1-3H3,(H2,13,14,15). The van der Waals surface area contributed by atoms with E-state index >= 15 is 0 Å². The summed E-state index contributed by atoms with van der Waals surface area (Å²) in [5, 5.41) is 10.4. The largest absolute Gasteiger partial charge is 0.356 e. The zero-order valence-electron chi connectivity index (χ0n) is 11.5. The fourth-order valence-corrected chi connectivity index (χ4v) is 2.75.